The van der Waals surface area contributed by atoms with Crippen LogP contribution in [0, 0.1) is 0 Å². The summed E-state index contributed by atoms with van der Waals surface area (Å²) in [5.41, 5.74) is 1.02. The number of amides is 1. The number of anilines is 1. The number of hydrogen-bond acceptors (Lipinski definition) is 5. The summed E-state index contributed by atoms with van der Waals surface area (Å²) in [5, 5.41) is 7.03. The van der Waals surface area contributed by atoms with Crippen molar-refractivity contribution in [2.75, 3.05) is 11.9 Å². The van der Waals surface area contributed by atoms with E-state index < -0.39 is 7.12 Å². The summed E-state index contributed by atoms with van der Waals surface area (Å²) >= 11 is 0. The number of imidazole rings is 1. The van der Waals surface area contributed by atoms with Crippen LogP contribution in [0.1, 0.15) is 20.8 Å². The molecule has 7 nitrogen and oxygen atoms in total. The lowest BCUT2D eigenvalue weighted by atomic mass is 9.85. The highest BCUT2D eigenvalue weighted by Gasteiger charge is 2.39. The third-order valence-corrected chi connectivity index (χ3v) is 2.89. The number of carbonyl (C=O) groups is 1. The van der Waals surface area contributed by atoms with Crippen LogP contribution in [0.3, 0.4) is 0 Å². The summed E-state index contributed by atoms with van der Waals surface area (Å²) < 4.78 is 12.9. The monoisotopic (exact) mass is 274 g/mol. The average Bonchev–Trinajstić information content (AvgIpc) is 2.89. The predicted molar refractivity (Wildman–Crippen MR) is 73.8 cm³/mol. The molecule has 3 heterocycles. The topological polar surface area (TPSA) is 77.8 Å². The fraction of sp³-hybridized carbons (Fsp3) is 0.417. The number of carbonyl (C=O) groups excluding carboxylic acids is 1. The second-order valence-corrected chi connectivity index (χ2v) is 5.39. The molecule has 2 aromatic heterocycles. The second-order valence-electron chi connectivity index (χ2n) is 5.39. The minimum absolute atomic E-state index is 0.169. The van der Waals surface area contributed by atoms with E-state index in [4.69, 9.17) is 9.31 Å². The fourth-order valence-corrected chi connectivity index (χ4v) is 2.04. The Bertz CT molecular complexity index is 670. The first-order valence-corrected chi connectivity index (χ1v) is 6.36. The molecule has 0 radical (unpaired) electrons. The maximum atomic E-state index is 11.0. The molecule has 0 aromatic carbocycles. The van der Waals surface area contributed by atoms with Crippen LogP contribution in [0.4, 0.5) is 5.82 Å². The van der Waals surface area contributed by atoms with Gasteiger partial charge in [-0.1, -0.05) is 0 Å². The number of aromatic nitrogens is 3. The van der Waals surface area contributed by atoms with Gasteiger partial charge in [0.25, 0.3) is 0 Å². The first kappa shape index (κ1) is 13.1. The molecule has 1 fully saturated rings. The zero-order valence-electron chi connectivity index (χ0n) is 11.6. The van der Waals surface area contributed by atoms with E-state index in [-0.39, 0.29) is 11.5 Å². The van der Waals surface area contributed by atoms with Gasteiger partial charge in [0.15, 0.2) is 11.5 Å². The molecule has 0 atom stereocenters. The summed E-state index contributed by atoms with van der Waals surface area (Å²) in [7, 11) is -0.471. The Labute approximate surface area is 116 Å². The largest absolute Gasteiger partial charge is 0.516 e. The SMILES string of the molecule is CC(=O)Nc1cn2nc(B3OCC(C)(C)O3)ccc2n1. The summed E-state index contributed by atoms with van der Waals surface area (Å²) in [6.07, 6.45) is 1.65. The van der Waals surface area contributed by atoms with Crippen LogP contribution < -0.4 is 10.9 Å². The molecule has 104 valence electrons. The maximum absolute atomic E-state index is 11.0. The molecule has 2 aromatic rings. The molecular weight excluding hydrogens is 259 g/mol. The van der Waals surface area contributed by atoms with Gasteiger partial charge in [-0.05, 0) is 26.0 Å². The van der Waals surface area contributed by atoms with Crippen molar-refractivity contribution in [3.63, 3.8) is 0 Å². The predicted octanol–water partition coefficient (Wildman–Crippen LogP) is 0.208. The van der Waals surface area contributed by atoms with E-state index in [1.807, 2.05) is 26.0 Å². The summed E-state index contributed by atoms with van der Waals surface area (Å²) in [6.45, 7) is 5.90. The van der Waals surface area contributed by atoms with E-state index >= 15 is 0 Å². The molecule has 1 amide bonds. The number of rotatable bonds is 2. The Hall–Kier alpha value is -1.93. The van der Waals surface area contributed by atoms with E-state index in [9.17, 15) is 4.79 Å². The third kappa shape index (κ3) is 2.52. The van der Waals surface area contributed by atoms with Gasteiger partial charge in [0.05, 0.1) is 24.0 Å². The second kappa shape index (κ2) is 4.57. The van der Waals surface area contributed by atoms with Crippen LogP contribution in [0.2, 0.25) is 0 Å². The third-order valence-electron chi connectivity index (χ3n) is 2.89. The molecule has 1 saturated heterocycles. The zero-order valence-corrected chi connectivity index (χ0v) is 11.6. The Morgan fingerprint density at radius 2 is 2.30 bits per heavy atom. The van der Waals surface area contributed by atoms with Crippen molar-refractivity contribution in [2.45, 2.75) is 26.4 Å². The van der Waals surface area contributed by atoms with Gasteiger partial charge < -0.3 is 14.6 Å². The van der Waals surface area contributed by atoms with Gasteiger partial charge in [-0.15, -0.1) is 0 Å². The lowest BCUT2D eigenvalue weighted by molar-refractivity contribution is -0.114. The quantitative estimate of drug-likeness (QED) is 0.792. The van der Waals surface area contributed by atoms with Crippen molar-refractivity contribution in [3.05, 3.63) is 18.3 Å². The minimum atomic E-state index is -0.471. The summed E-state index contributed by atoms with van der Waals surface area (Å²) in [4.78, 5) is 15.3. The lowest BCUT2D eigenvalue weighted by Crippen LogP contribution is -2.37. The Morgan fingerprint density at radius 3 is 2.95 bits per heavy atom. The molecule has 0 aliphatic carbocycles. The molecule has 8 heteroatoms. The minimum Gasteiger partial charge on any atom is -0.403 e. The fourth-order valence-electron chi connectivity index (χ4n) is 2.04. The van der Waals surface area contributed by atoms with Crippen molar-refractivity contribution < 1.29 is 14.1 Å². The zero-order chi connectivity index (χ0) is 14.3. The van der Waals surface area contributed by atoms with Gasteiger partial charge >= 0.3 is 7.12 Å². The maximum Gasteiger partial charge on any atom is 0.516 e. The average molecular weight is 274 g/mol. The highest BCUT2D eigenvalue weighted by Crippen LogP contribution is 2.19. The number of nitrogens with one attached hydrogen (secondary N) is 1. The summed E-state index contributed by atoms with van der Waals surface area (Å²) in [6, 6.07) is 3.62. The molecular formula is C12H15BN4O3. The van der Waals surface area contributed by atoms with Crippen molar-refractivity contribution in [1.29, 1.82) is 0 Å². The molecule has 0 unspecified atom stereocenters. The van der Waals surface area contributed by atoms with E-state index in [2.05, 4.69) is 15.4 Å². The van der Waals surface area contributed by atoms with Crippen LogP contribution in [0.25, 0.3) is 5.65 Å². The molecule has 1 aliphatic heterocycles. The van der Waals surface area contributed by atoms with Crippen LogP contribution >= 0.6 is 0 Å². The highest BCUT2D eigenvalue weighted by molar-refractivity contribution is 6.60. The molecule has 0 saturated carbocycles. The molecule has 20 heavy (non-hydrogen) atoms. The first-order valence-electron chi connectivity index (χ1n) is 6.36. The molecule has 1 aliphatic rings. The van der Waals surface area contributed by atoms with E-state index in [0.717, 1.165) is 0 Å². The number of nitrogens with zero attached hydrogens (tertiary/aromatic N) is 3. The van der Waals surface area contributed by atoms with Crippen molar-refractivity contribution in [1.82, 2.24) is 14.6 Å². The van der Waals surface area contributed by atoms with Gasteiger partial charge in [0, 0.05) is 6.92 Å². The lowest BCUT2D eigenvalue weighted by Gasteiger charge is -2.15. The van der Waals surface area contributed by atoms with Gasteiger partial charge in [0.2, 0.25) is 5.91 Å². The van der Waals surface area contributed by atoms with E-state index in [1.165, 1.54) is 6.92 Å². The van der Waals surface area contributed by atoms with E-state index in [0.29, 0.717) is 23.7 Å². The Kier molecular flexibility index (Phi) is 2.99. The smallest absolute Gasteiger partial charge is 0.403 e. The van der Waals surface area contributed by atoms with E-state index in [1.54, 1.807) is 10.7 Å². The molecule has 0 spiro atoms. The van der Waals surface area contributed by atoms with Crippen LogP contribution in [-0.2, 0) is 14.1 Å². The summed E-state index contributed by atoms with van der Waals surface area (Å²) in [5.74, 6) is 0.300. The van der Waals surface area contributed by atoms with Crippen LogP contribution in [0.5, 0.6) is 0 Å². The standard InChI is InChI=1S/C12H15BN4O3/c1-8(18)14-10-6-17-11(15-10)5-4-9(16-17)13-19-7-12(2,3)20-13/h4-6H,7H2,1-3H3,(H,14,18). The van der Waals surface area contributed by atoms with Gasteiger partial charge in [-0.3, -0.25) is 4.79 Å². The molecule has 1 N–H and O–H groups in total. The Balaban J connectivity index is 1.89. The number of hydrogen-bond donors (Lipinski definition) is 1. The highest BCUT2D eigenvalue weighted by atomic mass is 16.7. The first-order chi connectivity index (χ1) is 9.43. The molecule has 0 bridgehead atoms. The van der Waals surface area contributed by atoms with Crippen molar-refractivity contribution in [2.24, 2.45) is 0 Å². The van der Waals surface area contributed by atoms with Gasteiger partial charge in [0.1, 0.15) is 0 Å². The number of fused-ring (bicyclic) bond motifs is 1. The van der Waals surface area contributed by atoms with Gasteiger partial charge in [-0.25, -0.2) is 9.50 Å². The Morgan fingerprint density at radius 1 is 1.50 bits per heavy atom. The molecule has 3 rings (SSSR count). The van der Waals surface area contributed by atoms with Crippen molar-refractivity contribution in [3.8, 4) is 0 Å². The van der Waals surface area contributed by atoms with Crippen molar-refractivity contribution >= 4 is 30.1 Å². The van der Waals surface area contributed by atoms with Gasteiger partial charge in [-0.2, -0.15) is 5.10 Å². The normalized spacial score (nSPS) is 17.6. The van der Waals surface area contributed by atoms with Crippen LogP contribution in [-0.4, -0.2) is 39.8 Å². The van der Waals surface area contributed by atoms with Crippen LogP contribution in [0.15, 0.2) is 18.3 Å².